The van der Waals surface area contributed by atoms with E-state index in [1.807, 2.05) is 31.3 Å². The highest BCUT2D eigenvalue weighted by atomic mass is 16.5. The Morgan fingerprint density at radius 2 is 2.07 bits per heavy atom. The lowest BCUT2D eigenvalue weighted by atomic mass is 9.80. The molecule has 0 spiro atoms. The van der Waals surface area contributed by atoms with E-state index in [1.54, 1.807) is 17.7 Å². The third kappa shape index (κ3) is 4.69. The summed E-state index contributed by atoms with van der Waals surface area (Å²) in [4.78, 5) is 27.7. The summed E-state index contributed by atoms with van der Waals surface area (Å²) in [6, 6.07) is 9.46. The number of rotatable bonds is 6. The zero-order valence-electron chi connectivity index (χ0n) is 15.3. The molecule has 1 aromatic carbocycles. The molecule has 0 bridgehead atoms. The normalized spacial score (nSPS) is 15.7. The number of aryl methyl sites for hydroxylation is 1. The average molecular weight is 368 g/mol. The number of carbonyl (C=O) groups excluding carboxylic acids is 2. The van der Waals surface area contributed by atoms with Crippen LogP contribution in [-0.2, 0) is 17.6 Å². The number of pyridine rings is 1. The molecule has 7 nitrogen and oxygen atoms in total. The summed E-state index contributed by atoms with van der Waals surface area (Å²) in [6.45, 7) is 0.626. The molecule has 1 unspecified atom stereocenters. The minimum absolute atomic E-state index is 0.0577. The molecule has 1 aromatic heterocycles. The molecule has 142 valence electrons. The summed E-state index contributed by atoms with van der Waals surface area (Å²) in [5, 5.41) is 14.6. The molecular formula is C20H24N4O3. The minimum atomic E-state index is -0.493. The fourth-order valence-electron chi connectivity index (χ4n) is 3.46. The van der Waals surface area contributed by atoms with Gasteiger partial charge in [0.1, 0.15) is 5.82 Å². The van der Waals surface area contributed by atoms with Crippen molar-refractivity contribution in [2.24, 2.45) is 0 Å². The van der Waals surface area contributed by atoms with Crippen molar-refractivity contribution in [3.8, 4) is 0 Å². The van der Waals surface area contributed by atoms with E-state index in [-0.39, 0.29) is 5.91 Å². The number of anilines is 1. The molecule has 27 heavy (non-hydrogen) atoms. The summed E-state index contributed by atoms with van der Waals surface area (Å²) in [5.74, 6) is 0.366. The zero-order chi connectivity index (χ0) is 19.2. The second-order valence-corrected chi connectivity index (χ2v) is 6.74. The lowest BCUT2D eigenvalue weighted by molar-refractivity contribution is -0.116. The molecular weight excluding hydrogens is 344 g/mol. The van der Waals surface area contributed by atoms with E-state index in [0.717, 1.165) is 30.4 Å². The van der Waals surface area contributed by atoms with Gasteiger partial charge in [0, 0.05) is 24.7 Å². The third-order valence-corrected chi connectivity index (χ3v) is 4.92. The van der Waals surface area contributed by atoms with Crippen molar-refractivity contribution in [3.63, 3.8) is 0 Å². The van der Waals surface area contributed by atoms with E-state index >= 15 is 0 Å². The maximum atomic E-state index is 11.9. The van der Waals surface area contributed by atoms with E-state index in [1.165, 1.54) is 5.56 Å². The monoisotopic (exact) mass is 368 g/mol. The van der Waals surface area contributed by atoms with Crippen LogP contribution in [0.1, 0.15) is 45.8 Å². The maximum Gasteiger partial charge on any atom is 0.274 e. The standard InChI is InChI=1S/C20H24N4O3/c1-21-8-7-19(25)23-18-12-16(6-9-22-18)14-2-3-15-11-17(20(26)24-27)5-4-13(15)10-14/h4-6,9,11-12,14,21,27H,2-3,7-8,10H2,1H3,(H,24,26)(H,22,23,25). The number of nitrogens with zero attached hydrogens (tertiary/aromatic N) is 1. The topological polar surface area (TPSA) is 103 Å². The Kier molecular flexibility index (Phi) is 6.16. The molecule has 1 heterocycles. The lowest BCUT2D eigenvalue weighted by Gasteiger charge is -2.25. The number of hydrogen-bond donors (Lipinski definition) is 4. The molecule has 2 amide bonds. The first-order valence-electron chi connectivity index (χ1n) is 9.07. The molecule has 7 heteroatoms. The maximum absolute atomic E-state index is 11.9. The SMILES string of the molecule is CNCCC(=O)Nc1cc(C2CCc3cc(C(=O)NO)ccc3C2)ccn1. The highest BCUT2D eigenvalue weighted by Crippen LogP contribution is 2.33. The van der Waals surface area contributed by atoms with Crippen LogP contribution in [0.5, 0.6) is 0 Å². The average Bonchev–Trinajstić information content (AvgIpc) is 2.71. The number of fused-ring (bicyclic) bond motifs is 1. The number of hydrogen-bond acceptors (Lipinski definition) is 5. The number of carbonyl (C=O) groups is 2. The van der Waals surface area contributed by atoms with Gasteiger partial charge in [0.05, 0.1) is 0 Å². The van der Waals surface area contributed by atoms with Crippen LogP contribution >= 0.6 is 0 Å². The number of hydroxylamine groups is 1. The fourth-order valence-corrected chi connectivity index (χ4v) is 3.46. The number of benzene rings is 1. The largest absolute Gasteiger partial charge is 0.319 e. The van der Waals surface area contributed by atoms with Crippen molar-refractivity contribution in [2.75, 3.05) is 18.9 Å². The van der Waals surface area contributed by atoms with Gasteiger partial charge in [-0.2, -0.15) is 0 Å². The summed E-state index contributed by atoms with van der Waals surface area (Å²) < 4.78 is 0. The summed E-state index contributed by atoms with van der Waals surface area (Å²) in [5.41, 5.74) is 5.63. The van der Waals surface area contributed by atoms with Gasteiger partial charge in [0.15, 0.2) is 0 Å². The van der Waals surface area contributed by atoms with Crippen LogP contribution in [0.25, 0.3) is 0 Å². The lowest BCUT2D eigenvalue weighted by Crippen LogP contribution is -2.20. The summed E-state index contributed by atoms with van der Waals surface area (Å²) in [6.07, 6.45) is 4.82. The van der Waals surface area contributed by atoms with Crippen LogP contribution in [0.15, 0.2) is 36.5 Å². The first-order chi connectivity index (χ1) is 13.1. The van der Waals surface area contributed by atoms with Crippen LogP contribution in [0.2, 0.25) is 0 Å². The van der Waals surface area contributed by atoms with Gasteiger partial charge in [-0.1, -0.05) is 6.07 Å². The fraction of sp³-hybridized carbons (Fsp3) is 0.350. The zero-order valence-corrected chi connectivity index (χ0v) is 15.3. The first kappa shape index (κ1) is 19.0. The first-order valence-corrected chi connectivity index (χ1v) is 9.07. The van der Waals surface area contributed by atoms with Crippen molar-refractivity contribution in [3.05, 3.63) is 58.8 Å². The molecule has 0 saturated carbocycles. The van der Waals surface area contributed by atoms with Gasteiger partial charge >= 0.3 is 0 Å². The number of nitrogens with one attached hydrogen (secondary N) is 3. The van der Waals surface area contributed by atoms with Gasteiger partial charge in [-0.05, 0) is 73.2 Å². The van der Waals surface area contributed by atoms with Gasteiger partial charge in [-0.15, -0.1) is 0 Å². The van der Waals surface area contributed by atoms with Crippen LogP contribution < -0.4 is 16.1 Å². The van der Waals surface area contributed by atoms with Crippen molar-refractivity contribution in [1.82, 2.24) is 15.8 Å². The molecule has 0 fully saturated rings. The van der Waals surface area contributed by atoms with Gasteiger partial charge in [-0.3, -0.25) is 14.8 Å². The van der Waals surface area contributed by atoms with Gasteiger partial charge in [0.2, 0.25) is 5.91 Å². The van der Waals surface area contributed by atoms with Crippen LogP contribution in [0, 0.1) is 0 Å². The number of amides is 2. The highest BCUT2D eigenvalue weighted by molar-refractivity contribution is 5.93. The van der Waals surface area contributed by atoms with E-state index < -0.39 is 5.91 Å². The Bertz CT molecular complexity index is 838. The molecule has 1 aliphatic carbocycles. The minimum Gasteiger partial charge on any atom is -0.319 e. The van der Waals surface area contributed by atoms with Crippen molar-refractivity contribution < 1.29 is 14.8 Å². The molecule has 4 N–H and O–H groups in total. The second kappa shape index (κ2) is 8.75. The van der Waals surface area contributed by atoms with E-state index in [4.69, 9.17) is 5.21 Å². The molecule has 2 aromatic rings. The molecule has 3 rings (SSSR count). The smallest absolute Gasteiger partial charge is 0.274 e. The van der Waals surface area contributed by atoms with Crippen LogP contribution in [-0.4, -0.2) is 35.6 Å². The van der Waals surface area contributed by atoms with Crippen molar-refractivity contribution in [1.29, 1.82) is 0 Å². The Morgan fingerprint density at radius 3 is 2.85 bits per heavy atom. The molecule has 1 aliphatic rings. The van der Waals surface area contributed by atoms with Gasteiger partial charge in [0.25, 0.3) is 5.91 Å². The predicted octanol–water partition coefficient (Wildman–Crippen LogP) is 2.02. The quantitative estimate of drug-likeness (QED) is 0.461. The third-order valence-electron chi connectivity index (χ3n) is 4.92. The van der Waals surface area contributed by atoms with E-state index in [2.05, 4.69) is 15.6 Å². The predicted molar refractivity (Wildman–Crippen MR) is 102 cm³/mol. The van der Waals surface area contributed by atoms with Gasteiger partial charge < -0.3 is 10.6 Å². The van der Waals surface area contributed by atoms with Crippen molar-refractivity contribution in [2.45, 2.75) is 31.6 Å². The van der Waals surface area contributed by atoms with Crippen LogP contribution in [0.4, 0.5) is 5.82 Å². The van der Waals surface area contributed by atoms with Gasteiger partial charge in [-0.25, -0.2) is 10.5 Å². The summed E-state index contributed by atoms with van der Waals surface area (Å²) >= 11 is 0. The van der Waals surface area contributed by atoms with E-state index in [0.29, 0.717) is 30.3 Å². The number of aromatic nitrogens is 1. The van der Waals surface area contributed by atoms with E-state index in [9.17, 15) is 9.59 Å². The highest BCUT2D eigenvalue weighted by Gasteiger charge is 2.21. The Balaban J connectivity index is 1.71. The molecule has 0 radical (unpaired) electrons. The molecule has 1 atom stereocenters. The van der Waals surface area contributed by atoms with Crippen LogP contribution in [0.3, 0.4) is 0 Å². The Hall–Kier alpha value is -2.77. The molecule has 0 aliphatic heterocycles. The molecule has 0 saturated heterocycles. The second-order valence-electron chi connectivity index (χ2n) is 6.74. The Morgan fingerprint density at radius 1 is 1.22 bits per heavy atom. The Labute approximate surface area is 158 Å². The summed E-state index contributed by atoms with van der Waals surface area (Å²) in [7, 11) is 1.81. The van der Waals surface area contributed by atoms with Crippen molar-refractivity contribution >= 4 is 17.6 Å².